The molecule has 0 amide bonds. The summed E-state index contributed by atoms with van der Waals surface area (Å²) >= 11 is 0. The maximum atomic E-state index is 12.8. The van der Waals surface area contributed by atoms with Gasteiger partial charge in [0.2, 0.25) is 0 Å². The van der Waals surface area contributed by atoms with E-state index in [1.807, 2.05) is 4.90 Å². The fourth-order valence-corrected chi connectivity index (χ4v) is 1.55. The van der Waals surface area contributed by atoms with Crippen molar-refractivity contribution in [2.45, 2.75) is 25.2 Å². The number of nitrogens with zero attached hydrogens (tertiary/aromatic N) is 1. The van der Waals surface area contributed by atoms with Crippen molar-refractivity contribution in [3.05, 3.63) is 12.2 Å². The maximum absolute atomic E-state index is 12.8. The SMILES string of the molecule is O=C(O)/C=C/CCN1CCC(F)(F)CC1. The normalized spacial score (nSPS) is 22.0. The Morgan fingerprint density at radius 2 is 2.00 bits per heavy atom. The largest absolute Gasteiger partial charge is 0.478 e. The Morgan fingerprint density at radius 1 is 1.40 bits per heavy atom. The monoisotopic (exact) mass is 219 g/mol. The molecule has 3 nitrogen and oxygen atoms in total. The Balaban J connectivity index is 2.16. The number of carbonyl (C=O) groups is 1. The number of rotatable bonds is 4. The second kappa shape index (κ2) is 5.21. The molecule has 1 saturated heterocycles. The molecule has 0 aromatic carbocycles. The van der Waals surface area contributed by atoms with E-state index in [0.717, 1.165) is 6.08 Å². The third-order valence-corrected chi connectivity index (χ3v) is 2.46. The molecule has 0 aliphatic carbocycles. The molecule has 1 aliphatic heterocycles. The van der Waals surface area contributed by atoms with Crippen molar-refractivity contribution in [2.24, 2.45) is 0 Å². The summed E-state index contributed by atoms with van der Waals surface area (Å²) in [4.78, 5) is 12.1. The Kier molecular flexibility index (Phi) is 4.20. The smallest absolute Gasteiger partial charge is 0.327 e. The first-order valence-electron chi connectivity index (χ1n) is 4.99. The number of piperidine rings is 1. The highest BCUT2D eigenvalue weighted by Gasteiger charge is 2.33. The molecule has 1 aliphatic rings. The van der Waals surface area contributed by atoms with Crippen molar-refractivity contribution in [2.75, 3.05) is 19.6 Å². The second-order valence-electron chi connectivity index (χ2n) is 3.73. The minimum Gasteiger partial charge on any atom is -0.478 e. The first kappa shape index (κ1) is 12.1. The maximum Gasteiger partial charge on any atom is 0.327 e. The molecule has 1 rings (SSSR count). The summed E-state index contributed by atoms with van der Waals surface area (Å²) in [5, 5.41) is 8.32. The van der Waals surface area contributed by atoms with Gasteiger partial charge in [0.1, 0.15) is 0 Å². The molecule has 0 unspecified atom stereocenters. The molecule has 0 saturated carbocycles. The van der Waals surface area contributed by atoms with E-state index in [9.17, 15) is 13.6 Å². The van der Waals surface area contributed by atoms with E-state index < -0.39 is 11.9 Å². The molecule has 0 radical (unpaired) electrons. The summed E-state index contributed by atoms with van der Waals surface area (Å²) in [5.41, 5.74) is 0. The lowest BCUT2D eigenvalue weighted by Gasteiger charge is -2.31. The van der Waals surface area contributed by atoms with Crippen LogP contribution in [0.4, 0.5) is 8.78 Å². The molecule has 0 spiro atoms. The first-order chi connectivity index (χ1) is 6.99. The number of alkyl halides is 2. The molecular weight excluding hydrogens is 204 g/mol. The quantitative estimate of drug-likeness (QED) is 0.732. The van der Waals surface area contributed by atoms with Crippen LogP contribution < -0.4 is 0 Å². The van der Waals surface area contributed by atoms with E-state index >= 15 is 0 Å². The lowest BCUT2D eigenvalue weighted by Crippen LogP contribution is -2.39. The molecule has 0 aromatic heterocycles. The van der Waals surface area contributed by atoms with Crippen molar-refractivity contribution in [1.29, 1.82) is 0 Å². The van der Waals surface area contributed by atoms with E-state index in [-0.39, 0.29) is 12.8 Å². The lowest BCUT2D eigenvalue weighted by molar-refractivity contribution is -0.131. The van der Waals surface area contributed by atoms with Crippen molar-refractivity contribution in [3.63, 3.8) is 0 Å². The zero-order valence-corrected chi connectivity index (χ0v) is 8.46. The van der Waals surface area contributed by atoms with Crippen LogP contribution >= 0.6 is 0 Å². The molecule has 15 heavy (non-hydrogen) atoms. The summed E-state index contributed by atoms with van der Waals surface area (Å²) in [6.45, 7) is 1.45. The van der Waals surface area contributed by atoms with Crippen molar-refractivity contribution in [1.82, 2.24) is 4.90 Å². The van der Waals surface area contributed by atoms with Crippen molar-refractivity contribution >= 4 is 5.97 Å². The van der Waals surface area contributed by atoms with E-state index in [4.69, 9.17) is 5.11 Å². The molecule has 1 fully saturated rings. The summed E-state index contributed by atoms with van der Waals surface area (Å²) in [5.74, 6) is -3.48. The first-order valence-corrected chi connectivity index (χ1v) is 4.99. The van der Waals surface area contributed by atoms with Gasteiger partial charge in [0.25, 0.3) is 5.92 Å². The highest BCUT2D eigenvalue weighted by molar-refractivity contribution is 5.79. The van der Waals surface area contributed by atoms with Crippen LogP contribution in [-0.4, -0.2) is 41.5 Å². The lowest BCUT2D eigenvalue weighted by atomic mass is 10.1. The average molecular weight is 219 g/mol. The van der Waals surface area contributed by atoms with Crippen LogP contribution in [0.1, 0.15) is 19.3 Å². The van der Waals surface area contributed by atoms with E-state index in [2.05, 4.69) is 0 Å². The molecule has 1 heterocycles. The number of halogens is 2. The topological polar surface area (TPSA) is 40.5 Å². The van der Waals surface area contributed by atoms with Gasteiger partial charge in [0.05, 0.1) is 0 Å². The fraction of sp³-hybridized carbons (Fsp3) is 0.700. The van der Waals surface area contributed by atoms with Crippen LogP contribution in [0.15, 0.2) is 12.2 Å². The van der Waals surface area contributed by atoms with Gasteiger partial charge >= 0.3 is 5.97 Å². The number of hydrogen-bond donors (Lipinski definition) is 1. The summed E-state index contributed by atoms with van der Waals surface area (Å²) in [6.07, 6.45) is 3.05. The Morgan fingerprint density at radius 3 is 2.53 bits per heavy atom. The molecule has 0 atom stereocenters. The van der Waals surface area contributed by atoms with Crippen LogP contribution in [0, 0.1) is 0 Å². The summed E-state index contributed by atoms with van der Waals surface area (Å²) in [7, 11) is 0. The molecule has 0 bridgehead atoms. The van der Waals surface area contributed by atoms with Gasteiger partial charge in [0.15, 0.2) is 0 Å². The van der Waals surface area contributed by atoms with Gasteiger partial charge in [-0.15, -0.1) is 0 Å². The van der Waals surface area contributed by atoms with Crippen LogP contribution in [0.25, 0.3) is 0 Å². The van der Waals surface area contributed by atoms with Crippen LogP contribution in [-0.2, 0) is 4.79 Å². The number of hydrogen-bond acceptors (Lipinski definition) is 2. The Bertz CT molecular complexity index is 244. The highest BCUT2D eigenvalue weighted by atomic mass is 19.3. The predicted molar refractivity (Wildman–Crippen MR) is 52.0 cm³/mol. The molecule has 1 N–H and O–H groups in total. The Labute approximate surface area is 87.4 Å². The third kappa shape index (κ3) is 4.88. The number of aliphatic carboxylic acids is 1. The zero-order chi connectivity index (χ0) is 11.3. The fourth-order valence-electron chi connectivity index (χ4n) is 1.55. The van der Waals surface area contributed by atoms with Crippen molar-refractivity contribution in [3.8, 4) is 0 Å². The molecule has 0 aromatic rings. The van der Waals surface area contributed by atoms with E-state index in [0.29, 0.717) is 26.1 Å². The highest BCUT2D eigenvalue weighted by Crippen LogP contribution is 2.27. The Hall–Kier alpha value is -0.970. The van der Waals surface area contributed by atoms with Gasteiger partial charge in [-0.2, -0.15) is 0 Å². The number of likely N-dealkylation sites (tertiary alicyclic amines) is 1. The summed E-state index contributed by atoms with van der Waals surface area (Å²) < 4.78 is 25.5. The van der Waals surface area contributed by atoms with Crippen LogP contribution in [0.5, 0.6) is 0 Å². The minimum absolute atomic E-state index is 0.0877. The van der Waals surface area contributed by atoms with Gasteiger partial charge in [0, 0.05) is 38.6 Å². The van der Waals surface area contributed by atoms with Gasteiger partial charge in [-0.05, 0) is 6.42 Å². The number of carboxylic acids is 1. The van der Waals surface area contributed by atoms with Crippen LogP contribution in [0.3, 0.4) is 0 Å². The standard InChI is InChI=1S/C10H15F2NO2/c11-10(12)4-7-13(8-5-10)6-2-1-3-9(14)15/h1,3H,2,4-8H2,(H,14,15)/b3-1+. The molecule has 5 heteroatoms. The van der Waals surface area contributed by atoms with Gasteiger partial charge < -0.3 is 10.0 Å². The van der Waals surface area contributed by atoms with Gasteiger partial charge in [-0.3, -0.25) is 0 Å². The average Bonchev–Trinajstić information content (AvgIpc) is 2.14. The second-order valence-corrected chi connectivity index (χ2v) is 3.73. The zero-order valence-electron chi connectivity index (χ0n) is 8.46. The predicted octanol–water partition coefficient (Wildman–Crippen LogP) is 1.75. The van der Waals surface area contributed by atoms with E-state index in [1.165, 1.54) is 0 Å². The minimum atomic E-state index is -2.51. The third-order valence-electron chi connectivity index (χ3n) is 2.46. The number of carboxylic acid groups (broad SMARTS) is 1. The van der Waals surface area contributed by atoms with Gasteiger partial charge in [-0.1, -0.05) is 6.08 Å². The molecule has 86 valence electrons. The molecular formula is C10H15F2NO2. The van der Waals surface area contributed by atoms with E-state index in [1.54, 1.807) is 6.08 Å². The van der Waals surface area contributed by atoms with Gasteiger partial charge in [-0.25, -0.2) is 13.6 Å². The summed E-state index contributed by atoms with van der Waals surface area (Å²) in [6, 6.07) is 0. The van der Waals surface area contributed by atoms with Crippen molar-refractivity contribution < 1.29 is 18.7 Å². The van der Waals surface area contributed by atoms with Crippen LogP contribution in [0.2, 0.25) is 0 Å².